The molecule has 1 saturated heterocycles. The molecule has 2 heterocycles. The zero-order valence-electron chi connectivity index (χ0n) is 9.83. The van der Waals surface area contributed by atoms with Gasteiger partial charge in [-0.2, -0.15) is 0 Å². The van der Waals surface area contributed by atoms with Crippen molar-refractivity contribution in [2.45, 2.75) is 12.8 Å². The Kier molecular flexibility index (Phi) is 4.18. The van der Waals surface area contributed by atoms with Gasteiger partial charge in [0.2, 0.25) is 0 Å². The topological polar surface area (TPSA) is 25.4 Å². The van der Waals surface area contributed by atoms with Gasteiger partial charge in [-0.15, -0.1) is 0 Å². The Balaban J connectivity index is 2.10. The molecule has 94 valence electrons. The number of methoxy groups -OCH3 is 1. The van der Waals surface area contributed by atoms with E-state index in [1.165, 1.54) is 12.3 Å². The summed E-state index contributed by atoms with van der Waals surface area (Å²) in [5.74, 6) is 0.497. The highest BCUT2D eigenvalue weighted by molar-refractivity contribution is 6.30. The van der Waals surface area contributed by atoms with Crippen molar-refractivity contribution in [3.05, 3.63) is 23.1 Å². The first-order valence-corrected chi connectivity index (χ1v) is 6.13. The molecule has 0 amide bonds. The fourth-order valence-electron chi connectivity index (χ4n) is 2.27. The lowest BCUT2D eigenvalue weighted by Crippen LogP contribution is -2.38. The summed E-state index contributed by atoms with van der Waals surface area (Å²) < 4.78 is 18.9. The van der Waals surface area contributed by atoms with Gasteiger partial charge in [-0.1, -0.05) is 11.6 Å². The molecule has 1 fully saturated rings. The molecule has 0 aliphatic carbocycles. The molecule has 0 spiro atoms. The second kappa shape index (κ2) is 5.65. The summed E-state index contributed by atoms with van der Waals surface area (Å²) in [6, 6.07) is 1.31. The van der Waals surface area contributed by atoms with E-state index >= 15 is 0 Å². The maximum absolute atomic E-state index is 13.7. The lowest BCUT2D eigenvalue weighted by atomic mass is 9.99. The molecule has 0 aromatic carbocycles. The van der Waals surface area contributed by atoms with Crippen LogP contribution < -0.4 is 4.90 Å². The molecule has 0 N–H and O–H groups in total. The lowest BCUT2D eigenvalue weighted by molar-refractivity contribution is 0.143. The fourth-order valence-corrected chi connectivity index (χ4v) is 2.41. The van der Waals surface area contributed by atoms with E-state index in [-0.39, 0.29) is 5.82 Å². The van der Waals surface area contributed by atoms with Crippen LogP contribution in [0.2, 0.25) is 5.02 Å². The molecule has 2 rings (SSSR count). The van der Waals surface area contributed by atoms with Crippen molar-refractivity contribution in [2.75, 3.05) is 31.7 Å². The van der Waals surface area contributed by atoms with Crippen LogP contribution in [0.15, 0.2) is 12.3 Å². The quantitative estimate of drug-likeness (QED) is 0.834. The summed E-state index contributed by atoms with van der Waals surface area (Å²) in [4.78, 5) is 6.05. The zero-order valence-corrected chi connectivity index (χ0v) is 10.6. The minimum Gasteiger partial charge on any atom is -0.384 e. The second-order valence-corrected chi connectivity index (χ2v) is 4.81. The van der Waals surface area contributed by atoms with Gasteiger partial charge in [-0.05, 0) is 24.8 Å². The third-order valence-corrected chi connectivity index (χ3v) is 3.22. The first kappa shape index (κ1) is 12.6. The van der Waals surface area contributed by atoms with Crippen molar-refractivity contribution >= 4 is 17.4 Å². The van der Waals surface area contributed by atoms with Gasteiger partial charge >= 0.3 is 0 Å². The summed E-state index contributed by atoms with van der Waals surface area (Å²) in [6.45, 7) is 2.34. The highest BCUT2D eigenvalue weighted by atomic mass is 35.5. The SMILES string of the molecule is COCC1CCCN(c2ncc(Cl)cc2F)C1. The van der Waals surface area contributed by atoms with Crippen LogP contribution in [0, 0.1) is 11.7 Å². The van der Waals surface area contributed by atoms with Crippen molar-refractivity contribution < 1.29 is 9.13 Å². The molecule has 1 aliphatic rings. The van der Waals surface area contributed by atoms with Crippen LogP contribution in [0.3, 0.4) is 0 Å². The largest absolute Gasteiger partial charge is 0.384 e. The van der Waals surface area contributed by atoms with Gasteiger partial charge in [0.15, 0.2) is 11.6 Å². The Morgan fingerprint density at radius 3 is 3.18 bits per heavy atom. The highest BCUT2D eigenvalue weighted by Crippen LogP contribution is 2.25. The second-order valence-electron chi connectivity index (χ2n) is 4.37. The Bertz CT molecular complexity index is 387. The predicted molar refractivity (Wildman–Crippen MR) is 66.0 cm³/mol. The zero-order chi connectivity index (χ0) is 12.3. The predicted octanol–water partition coefficient (Wildman–Crippen LogP) is 2.74. The number of rotatable bonds is 3. The molecular formula is C12H16ClFN2O. The molecule has 1 aromatic rings. The Hall–Kier alpha value is -0.870. The minimum atomic E-state index is -0.351. The van der Waals surface area contributed by atoms with Crippen LogP contribution in [0.5, 0.6) is 0 Å². The van der Waals surface area contributed by atoms with Gasteiger partial charge in [-0.3, -0.25) is 0 Å². The standard InChI is InChI=1S/C12H16ClFN2O/c1-17-8-9-3-2-4-16(7-9)12-11(14)5-10(13)6-15-12/h5-6,9H,2-4,7-8H2,1H3. The van der Waals surface area contributed by atoms with E-state index in [4.69, 9.17) is 16.3 Å². The van der Waals surface area contributed by atoms with E-state index < -0.39 is 0 Å². The van der Waals surface area contributed by atoms with E-state index in [1.54, 1.807) is 7.11 Å². The summed E-state index contributed by atoms with van der Waals surface area (Å²) in [7, 11) is 1.69. The van der Waals surface area contributed by atoms with Gasteiger partial charge in [-0.25, -0.2) is 9.37 Å². The molecule has 0 radical (unpaired) electrons. The number of halogens is 2. The van der Waals surface area contributed by atoms with Gasteiger partial charge in [0, 0.05) is 26.4 Å². The number of nitrogens with zero attached hydrogens (tertiary/aromatic N) is 2. The molecule has 3 nitrogen and oxygen atoms in total. The number of piperidine rings is 1. The van der Waals surface area contributed by atoms with Gasteiger partial charge in [0.05, 0.1) is 11.6 Å². The highest BCUT2D eigenvalue weighted by Gasteiger charge is 2.22. The molecular weight excluding hydrogens is 243 g/mol. The monoisotopic (exact) mass is 258 g/mol. The number of hydrogen-bond acceptors (Lipinski definition) is 3. The van der Waals surface area contributed by atoms with Gasteiger partial charge in [0.1, 0.15) is 0 Å². The Labute approximate surface area is 106 Å². The van der Waals surface area contributed by atoms with Crippen molar-refractivity contribution in [3.8, 4) is 0 Å². The average molecular weight is 259 g/mol. The van der Waals surface area contributed by atoms with Crippen LogP contribution in [-0.4, -0.2) is 31.8 Å². The maximum Gasteiger partial charge on any atom is 0.167 e. The molecule has 0 bridgehead atoms. The van der Waals surface area contributed by atoms with Gasteiger partial charge in [0.25, 0.3) is 0 Å². The third-order valence-electron chi connectivity index (χ3n) is 3.01. The van der Waals surface area contributed by atoms with Crippen LogP contribution in [0.1, 0.15) is 12.8 Å². The first-order chi connectivity index (χ1) is 8.20. The smallest absolute Gasteiger partial charge is 0.167 e. The van der Waals surface area contributed by atoms with E-state index in [2.05, 4.69) is 4.98 Å². The van der Waals surface area contributed by atoms with Crippen LogP contribution in [-0.2, 0) is 4.74 Å². The fraction of sp³-hybridized carbons (Fsp3) is 0.583. The van der Waals surface area contributed by atoms with Gasteiger partial charge < -0.3 is 9.64 Å². The normalized spacial score (nSPS) is 20.6. The van der Waals surface area contributed by atoms with Crippen molar-refractivity contribution in [1.29, 1.82) is 0 Å². The summed E-state index contributed by atoms with van der Waals surface area (Å²) in [5.41, 5.74) is 0. The van der Waals surface area contributed by atoms with Crippen LogP contribution >= 0.6 is 11.6 Å². The number of aromatic nitrogens is 1. The van der Waals surface area contributed by atoms with E-state index in [0.717, 1.165) is 25.9 Å². The van der Waals surface area contributed by atoms with Crippen LogP contribution in [0.4, 0.5) is 10.2 Å². The van der Waals surface area contributed by atoms with Crippen LogP contribution in [0.25, 0.3) is 0 Å². The average Bonchev–Trinajstić information content (AvgIpc) is 2.29. The number of pyridine rings is 1. The van der Waals surface area contributed by atoms with E-state index in [0.29, 0.717) is 23.4 Å². The molecule has 1 aromatic heterocycles. The molecule has 17 heavy (non-hydrogen) atoms. The van der Waals surface area contributed by atoms with Crippen molar-refractivity contribution in [2.24, 2.45) is 5.92 Å². The molecule has 1 aliphatic heterocycles. The summed E-state index contributed by atoms with van der Waals surface area (Å²) >= 11 is 5.69. The van der Waals surface area contributed by atoms with E-state index in [1.807, 2.05) is 4.90 Å². The molecule has 1 unspecified atom stereocenters. The third kappa shape index (κ3) is 3.07. The maximum atomic E-state index is 13.7. The number of hydrogen-bond donors (Lipinski definition) is 0. The minimum absolute atomic E-state index is 0.330. The summed E-state index contributed by atoms with van der Waals surface area (Å²) in [6.07, 6.45) is 3.65. The number of anilines is 1. The molecule has 1 atom stereocenters. The van der Waals surface area contributed by atoms with E-state index in [9.17, 15) is 4.39 Å². The molecule has 5 heteroatoms. The summed E-state index contributed by atoms with van der Waals surface area (Å²) in [5, 5.41) is 0.330. The van der Waals surface area contributed by atoms with Crippen molar-refractivity contribution in [3.63, 3.8) is 0 Å². The molecule has 0 saturated carbocycles. The van der Waals surface area contributed by atoms with Crippen molar-refractivity contribution in [1.82, 2.24) is 4.98 Å². The Morgan fingerprint density at radius 2 is 2.47 bits per heavy atom. The first-order valence-electron chi connectivity index (χ1n) is 5.75. The lowest BCUT2D eigenvalue weighted by Gasteiger charge is -2.33. The Morgan fingerprint density at radius 1 is 1.65 bits per heavy atom. The number of ether oxygens (including phenoxy) is 1.